The molecule has 6 heteroatoms. The van der Waals surface area contributed by atoms with Crippen molar-refractivity contribution in [2.24, 2.45) is 0 Å². The Bertz CT molecular complexity index is 1470. The summed E-state index contributed by atoms with van der Waals surface area (Å²) >= 11 is 0. The number of pyridine rings is 2. The fourth-order valence-electron chi connectivity index (χ4n) is 3.99. The molecule has 0 N–H and O–H groups in total. The van der Waals surface area contributed by atoms with E-state index in [9.17, 15) is 9.18 Å². The SMILES string of the molecule is Cc1ccc(-c2ccc3nn(CCCc4ccc(F)c(-c5cccnc5)c4)c(=O)n3c2)cc1. The second-order valence-electron chi connectivity index (χ2n) is 8.18. The number of hydrogen-bond donors (Lipinski definition) is 0. The highest BCUT2D eigenvalue weighted by Crippen LogP contribution is 2.24. The number of nitrogens with zero attached hydrogens (tertiary/aromatic N) is 4. The summed E-state index contributed by atoms with van der Waals surface area (Å²) in [6, 6.07) is 20.8. The van der Waals surface area contributed by atoms with Gasteiger partial charge in [-0.15, -0.1) is 5.10 Å². The Balaban J connectivity index is 1.33. The molecule has 0 spiro atoms. The molecule has 5 aromatic rings. The number of fused-ring (bicyclic) bond motifs is 1. The Kier molecular flexibility index (Phi) is 5.57. The summed E-state index contributed by atoms with van der Waals surface area (Å²) in [6.45, 7) is 2.53. The minimum atomic E-state index is -0.271. The Morgan fingerprint density at radius 2 is 1.76 bits per heavy atom. The minimum Gasteiger partial charge on any atom is -0.264 e. The third-order valence-electron chi connectivity index (χ3n) is 5.80. The van der Waals surface area contributed by atoms with Crippen molar-refractivity contribution in [3.8, 4) is 22.3 Å². The maximum atomic E-state index is 14.3. The summed E-state index contributed by atoms with van der Waals surface area (Å²) in [5, 5.41) is 4.47. The molecule has 0 fully saturated rings. The smallest absolute Gasteiger partial charge is 0.264 e. The average Bonchev–Trinajstić information content (AvgIpc) is 3.16. The van der Waals surface area contributed by atoms with E-state index in [-0.39, 0.29) is 11.5 Å². The van der Waals surface area contributed by atoms with E-state index in [0.29, 0.717) is 30.6 Å². The van der Waals surface area contributed by atoms with Gasteiger partial charge in [-0.25, -0.2) is 18.3 Å². The van der Waals surface area contributed by atoms with Gasteiger partial charge in [0.2, 0.25) is 0 Å². The third kappa shape index (κ3) is 4.32. The summed E-state index contributed by atoms with van der Waals surface area (Å²) < 4.78 is 17.4. The van der Waals surface area contributed by atoms with Gasteiger partial charge in [-0.05, 0) is 66.8 Å². The first-order valence-electron chi connectivity index (χ1n) is 10.9. The van der Waals surface area contributed by atoms with Crippen LogP contribution >= 0.6 is 0 Å². The van der Waals surface area contributed by atoms with E-state index in [0.717, 1.165) is 22.3 Å². The largest absolute Gasteiger partial charge is 0.350 e. The van der Waals surface area contributed by atoms with Crippen LogP contribution in [-0.2, 0) is 13.0 Å². The van der Waals surface area contributed by atoms with Crippen molar-refractivity contribution in [1.82, 2.24) is 19.2 Å². The molecule has 0 unspecified atom stereocenters. The topological polar surface area (TPSA) is 52.2 Å². The van der Waals surface area contributed by atoms with E-state index in [2.05, 4.69) is 34.3 Å². The highest BCUT2D eigenvalue weighted by molar-refractivity contribution is 5.65. The minimum absolute atomic E-state index is 0.158. The first-order chi connectivity index (χ1) is 16.1. The van der Waals surface area contributed by atoms with Crippen LogP contribution in [0.2, 0.25) is 0 Å². The van der Waals surface area contributed by atoms with Crippen LogP contribution in [0.25, 0.3) is 27.9 Å². The lowest BCUT2D eigenvalue weighted by Gasteiger charge is -2.07. The van der Waals surface area contributed by atoms with Gasteiger partial charge in [0, 0.05) is 36.3 Å². The maximum absolute atomic E-state index is 14.3. The Labute approximate surface area is 190 Å². The van der Waals surface area contributed by atoms with E-state index in [4.69, 9.17) is 0 Å². The van der Waals surface area contributed by atoms with Crippen LogP contribution < -0.4 is 5.69 Å². The molecule has 0 aliphatic heterocycles. The lowest BCUT2D eigenvalue weighted by molar-refractivity contribution is 0.560. The van der Waals surface area contributed by atoms with Gasteiger partial charge < -0.3 is 0 Å². The average molecular weight is 439 g/mol. The summed E-state index contributed by atoms with van der Waals surface area (Å²) in [6.07, 6.45) is 6.59. The summed E-state index contributed by atoms with van der Waals surface area (Å²) in [5.41, 5.74) is 5.98. The van der Waals surface area contributed by atoms with E-state index >= 15 is 0 Å². The predicted molar refractivity (Wildman–Crippen MR) is 128 cm³/mol. The van der Waals surface area contributed by atoms with E-state index in [1.807, 2.05) is 37.4 Å². The van der Waals surface area contributed by atoms with Crippen LogP contribution in [-0.4, -0.2) is 19.2 Å². The number of aromatic nitrogens is 4. The van der Waals surface area contributed by atoms with Gasteiger partial charge in [-0.2, -0.15) is 0 Å². The molecule has 5 nitrogen and oxygen atoms in total. The van der Waals surface area contributed by atoms with Gasteiger partial charge in [0.05, 0.1) is 0 Å². The molecular weight excluding hydrogens is 415 g/mol. The quantitative estimate of drug-likeness (QED) is 0.361. The molecule has 0 amide bonds. The molecule has 0 aliphatic rings. The van der Waals surface area contributed by atoms with Crippen molar-refractivity contribution in [3.05, 3.63) is 113 Å². The van der Waals surface area contributed by atoms with Crippen LogP contribution in [0.5, 0.6) is 0 Å². The number of benzene rings is 2. The van der Waals surface area contributed by atoms with Crippen LogP contribution in [0.15, 0.2) is 90.1 Å². The Morgan fingerprint density at radius 1 is 0.939 bits per heavy atom. The van der Waals surface area contributed by atoms with Gasteiger partial charge in [0.25, 0.3) is 0 Å². The van der Waals surface area contributed by atoms with Crippen molar-refractivity contribution >= 4 is 5.65 Å². The summed E-state index contributed by atoms with van der Waals surface area (Å²) in [7, 11) is 0. The third-order valence-corrected chi connectivity index (χ3v) is 5.80. The van der Waals surface area contributed by atoms with Gasteiger partial charge in [0.15, 0.2) is 5.65 Å². The van der Waals surface area contributed by atoms with Crippen molar-refractivity contribution in [3.63, 3.8) is 0 Å². The normalized spacial score (nSPS) is 11.2. The van der Waals surface area contributed by atoms with E-state index in [1.54, 1.807) is 28.9 Å². The van der Waals surface area contributed by atoms with Crippen molar-refractivity contribution in [1.29, 1.82) is 0 Å². The van der Waals surface area contributed by atoms with Gasteiger partial charge in [0.1, 0.15) is 5.82 Å². The molecule has 3 heterocycles. The maximum Gasteiger partial charge on any atom is 0.350 e. The second kappa shape index (κ2) is 8.82. The number of hydrogen-bond acceptors (Lipinski definition) is 3. The molecule has 0 saturated carbocycles. The fraction of sp³-hybridized carbons (Fsp3) is 0.148. The first kappa shape index (κ1) is 20.8. The second-order valence-corrected chi connectivity index (χ2v) is 8.18. The molecular formula is C27H23FN4O. The lowest BCUT2D eigenvalue weighted by atomic mass is 10.0. The molecule has 33 heavy (non-hydrogen) atoms. The number of halogens is 1. The zero-order valence-electron chi connectivity index (χ0n) is 18.3. The van der Waals surface area contributed by atoms with Crippen molar-refractivity contribution < 1.29 is 4.39 Å². The number of aryl methyl sites for hydroxylation is 3. The molecule has 0 bridgehead atoms. The summed E-state index contributed by atoms with van der Waals surface area (Å²) in [5.74, 6) is -0.271. The monoisotopic (exact) mass is 438 g/mol. The number of rotatable bonds is 6. The molecule has 0 radical (unpaired) electrons. The molecule has 0 saturated heterocycles. The van der Waals surface area contributed by atoms with Crippen LogP contribution in [0, 0.1) is 12.7 Å². The summed E-state index contributed by atoms with van der Waals surface area (Å²) in [4.78, 5) is 17.0. The van der Waals surface area contributed by atoms with Gasteiger partial charge in [-0.3, -0.25) is 4.98 Å². The highest BCUT2D eigenvalue weighted by atomic mass is 19.1. The first-order valence-corrected chi connectivity index (χ1v) is 10.9. The van der Waals surface area contributed by atoms with Crippen LogP contribution in [0.4, 0.5) is 4.39 Å². The lowest BCUT2D eigenvalue weighted by Crippen LogP contribution is -2.21. The molecule has 164 valence electrons. The predicted octanol–water partition coefficient (Wildman–Crippen LogP) is 5.31. The zero-order valence-corrected chi connectivity index (χ0v) is 18.3. The molecule has 2 aromatic carbocycles. The van der Waals surface area contributed by atoms with Gasteiger partial charge >= 0.3 is 5.69 Å². The van der Waals surface area contributed by atoms with Crippen LogP contribution in [0.1, 0.15) is 17.5 Å². The Hall–Kier alpha value is -4.06. The fourth-order valence-corrected chi connectivity index (χ4v) is 3.99. The van der Waals surface area contributed by atoms with Crippen molar-refractivity contribution in [2.75, 3.05) is 0 Å². The van der Waals surface area contributed by atoms with E-state index in [1.165, 1.54) is 16.3 Å². The van der Waals surface area contributed by atoms with Crippen molar-refractivity contribution in [2.45, 2.75) is 26.3 Å². The Morgan fingerprint density at radius 3 is 2.55 bits per heavy atom. The van der Waals surface area contributed by atoms with E-state index < -0.39 is 0 Å². The molecule has 0 atom stereocenters. The standard InChI is InChI=1S/C27H23FN4O/c1-19-6-9-21(10-7-19)23-11-13-26-30-32(27(33)31(26)18-23)15-3-4-20-8-12-25(28)24(16-20)22-5-2-14-29-17-22/h2,5-14,16-18H,3-4,15H2,1H3. The molecule has 0 aliphatic carbocycles. The van der Waals surface area contributed by atoms with Gasteiger partial charge in [-0.1, -0.05) is 42.0 Å². The van der Waals surface area contributed by atoms with Crippen LogP contribution in [0.3, 0.4) is 0 Å². The molecule has 3 aromatic heterocycles. The molecule has 5 rings (SSSR count). The highest BCUT2D eigenvalue weighted by Gasteiger charge is 2.10. The zero-order chi connectivity index (χ0) is 22.8.